The Bertz CT molecular complexity index is 942. The summed E-state index contributed by atoms with van der Waals surface area (Å²) in [5.41, 5.74) is 2.77. The molecule has 3 aromatic rings. The summed E-state index contributed by atoms with van der Waals surface area (Å²) in [6.07, 6.45) is 0.796. The number of pyridine rings is 1. The second kappa shape index (κ2) is 6.71. The van der Waals surface area contributed by atoms with Crippen molar-refractivity contribution < 1.29 is 9.53 Å². The molecule has 0 aliphatic rings. The van der Waals surface area contributed by atoms with Gasteiger partial charge in [-0.3, -0.25) is 9.59 Å². The molecule has 0 unspecified atom stereocenters. The van der Waals surface area contributed by atoms with Gasteiger partial charge in [-0.2, -0.15) is 0 Å². The Balaban J connectivity index is 2.30. The molecule has 4 heteroatoms. The van der Waals surface area contributed by atoms with Gasteiger partial charge in [0.15, 0.2) is 0 Å². The Kier molecular flexibility index (Phi) is 4.47. The fraction of sp³-hybridized carbons (Fsp3) is 0.200. The van der Waals surface area contributed by atoms with Crippen LogP contribution in [-0.2, 0) is 23.0 Å². The maximum Gasteiger partial charge on any atom is 0.305 e. The monoisotopic (exact) mass is 321 g/mol. The van der Waals surface area contributed by atoms with E-state index in [1.807, 2.05) is 54.6 Å². The minimum absolute atomic E-state index is 0.0359. The predicted molar refractivity (Wildman–Crippen MR) is 95.0 cm³/mol. The van der Waals surface area contributed by atoms with Crippen LogP contribution >= 0.6 is 0 Å². The molecule has 0 aliphatic heterocycles. The SMILES string of the molecule is COC(=O)CCc1c(-c2ccccc2)n(C)c(=O)c2ccccc12. The first kappa shape index (κ1) is 16.0. The molecule has 24 heavy (non-hydrogen) atoms. The number of carbonyl (C=O) groups excluding carboxylic acids is 1. The van der Waals surface area contributed by atoms with Gasteiger partial charge < -0.3 is 9.30 Å². The van der Waals surface area contributed by atoms with Crippen molar-refractivity contribution in [1.29, 1.82) is 0 Å². The molecule has 0 N–H and O–H groups in total. The van der Waals surface area contributed by atoms with Crippen molar-refractivity contribution >= 4 is 16.7 Å². The number of aromatic nitrogens is 1. The summed E-state index contributed by atoms with van der Waals surface area (Å²) < 4.78 is 6.45. The molecule has 0 radical (unpaired) electrons. The Morgan fingerprint density at radius 2 is 1.62 bits per heavy atom. The van der Waals surface area contributed by atoms with Gasteiger partial charge in [-0.05, 0) is 29.0 Å². The predicted octanol–water partition coefficient (Wildman–Crippen LogP) is 3.31. The number of esters is 1. The topological polar surface area (TPSA) is 48.3 Å². The highest BCUT2D eigenvalue weighted by atomic mass is 16.5. The number of nitrogens with zero attached hydrogens (tertiary/aromatic N) is 1. The summed E-state index contributed by atoms with van der Waals surface area (Å²) in [4.78, 5) is 24.4. The molecule has 0 spiro atoms. The van der Waals surface area contributed by atoms with Crippen molar-refractivity contribution in [2.24, 2.45) is 7.05 Å². The van der Waals surface area contributed by atoms with E-state index in [-0.39, 0.29) is 17.9 Å². The van der Waals surface area contributed by atoms with E-state index in [0.717, 1.165) is 22.2 Å². The van der Waals surface area contributed by atoms with E-state index in [4.69, 9.17) is 4.74 Å². The summed E-state index contributed by atoms with van der Waals surface area (Å²) in [6, 6.07) is 17.3. The van der Waals surface area contributed by atoms with Crippen LogP contribution in [0.15, 0.2) is 59.4 Å². The van der Waals surface area contributed by atoms with Gasteiger partial charge in [0.2, 0.25) is 0 Å². The van der Waals surface area contributed by atoms with Crippen LogP contribution in [0.5, 0.6) is 0 Å². The van der Waals surface area contributed by atoms with Crippen molar-refractivity contribution in [2.75, 3.05) is 7.11 Å². The van der Waals surface area contributed by atoms with Crippen LogP contribution in [0, 0.1) is 0 Å². The number of hydrogen-bond acceptors (Lipinski definition) is 3. The fourth-order valence-corrected chi connectivity index (χ4v) is 3.09. The molecule has 0 aliphatic carbocycles. The minimum Gasteiger partial charge on any atom is -0.469 e. The molecule has 122 valence electrons. The highest BCUT2D eigenvalue weighted by Crippen LogP contribution is 2.29. The van der Waals surface area contributed by atoms with Gasteiger partial charge in [0, 0.05) is 18.9 Å². The molecule has 0 amide bonds. The summed E-state index contributed by atoms with van der Waals surface area (Å²) in [5.74, 6) is -0.257. The maximum atomic E-state index is 12.7. The molecular formula is C20H19NO3. The molecule has 1 aromatic heterocycles. The van der Waals surface area contributed by atoms with Crippen LogP contribution in [0.4, 0.5) is 0 Å². The third-order valence-corrected chi connectivity index (χ3v) is 4.26. The molecule has 0 saturated heterocycles. The molecular weight excluding hydrogens is 302 g/mol. The van der Waals surface area contributed by atoms with E-state index in [0.29, 0.717) is 11.8 Å². The van der Waals surface area contributed by atoms with E-state index < -0.39 is 0 Å². The largest absolute Gasteiger partial charge is 0.469 e. The molecule has 0 fully saturated rings. The lowest BCUT2D eigenvalue weighted by Crippen LogP contribution is -2.21. The van der Waals surface area contributed by atoms with Crippen LogP contribution < -0.4 is 5.56 Å². The Labute approximate surface area is 140 Å². The number of rotatable bonds is 4. The lowest BCUT2D eigenvalue weighted by molar-refractivity contribution is -0.140. The molecule has 0 bridgehead atoms. The number of aryl methyl sites for hydroxylation is 1. The van der Waals surface area contributed by atoms with Gasteiger partial charge in [-0.15, -0.1) is 0 Å². The van der Waals surface area contributed by atoms with Gasteiger partial charge in [0.05, 0.1) is 12.8 Å². The zero-order valence-corrected chi connectivity index (χ0v) is 13.8. The molecule has 4 nitrogen and oxygen atoms in total. The number of methoxy groups -OCH3 is 1. The number of ether oxygens (including phenoxy) is 1. The second-order valence-corrected chi connectivity index (χ2v) is 5.68. The Morgan fingerprint density at radius 3 is 2.29 bits per heavy atom. The van der Waals surface area contributed by atoms with Crippen molar-refractivity contribution in [3.05, 3.63) is 70.5 Å². The average Bonchev–Trinajstić information content (AvgIpc) is 2.63. The number of carbonyl (C=O) groups is 1. The van der Waals surface area contributed by atoms with Crippen LogP contribution in [0.1, 0.15) is 12.0 Å². The first-order valence-corrected chi connectivity index (χ1v) is 7.86. The van der Waals surface area contributed by atoms with Crippen molar-refractivity contribution in [3.63, 3.8) is 0 Å². The molecule has 0 atom stereocenters. The lowest BCUT2D eigenvalue weighted by Gasteiger charge is -2.17. The minimum atomic E-state index is -0.257. The summed E-state index contributed by atoms with van der Waals surface area (Å²) in [7, 11) is 3.16. The Morgan fingerprint density at radius 1 is 1.00 bits per heavy atom. The van der Waals surface area contributed by atoms with E-state index in [1.165, 1.54) is 7.11 Å². The van der Waals surface area contributed by atoms with Gasteiger partial charge in [-0.25, -0.2) is 0 Å². The van der Waals surface area contributed by atoms with E-state index in [2.05, 4.69) is 0 Å². The second-order valence-electron chi connectivity index (χ2n) is 5.68. The standard InChI is InChI=1S/C20H19NO3/c1-21-19(14-8-4-3-5-9-14)16(12-13-18(22)24-2)15-10-6-7-11-17(15)20(21)23/h3-11H,12-13H2,1-2H3. The first-order chi connectivity index (χ1) is 11.6. The first-order valence-electron chi connectivity index (χ1n) is 7.86. The number of benzene rings is 2. The highest BCUT2D eigenvalue weighted by Gasteiger charge is 2.17. The van der Waals surface area contributed by atoms with Gasteiger partial charge in [0.25, 0.3) is 5.56 Å². The van der Waals surface area contributed by atoms with Crippen LogP contribution in [-0.4, -0.2) is 17.6 Å². The van der Waals surface area contributed by atoms with Gasteiger partial charge in [-0.1, -0.05) is 48.5 Å². The molecule has 1 heterocycles. The van der Waals surface area contributed by atoms with Crippen LogP contribution in [0.2, 0.25) is 0 Å². The van der Waals surface area contributed by atoms with E-state index >= 15 is 0 Å². The summed E-state index contributed by atoms with van der Waals surface area (Å²) in [6.45, 7) is 0. The molecule has 3 rings (SSSR count). The van der Waals surface area contributed by atoms with Crippen molar-refractivity contribution in [3.8, 4) is 11.3 Å². The smallest absolute Gasteiger partial charge is 0.305 e. The third-order valence-electron chi connectivity index (χ3n) is 4.26. The quantitative estimate of drug-likeness (QED) is 0.693. The zero-order chi connectivity index (χ0) is 17.1. The summed E-state index contributed by atoms with van der Waals surface area (Å²) in [5, 5.41) is 1.56. The average molecular weight is 321 g/mol. The van der Waals surface area contributed by atoms with Gasteiger partial charge in [0.1, 0.15) is 0 Å². The zero-order valence-electron chi connectivity index (χ0n) is 13.8. The Hall–Kier alpha value is -2.88. The maximum absolute atomic E-state index is 12.7. The number of hydrogen-bond donors (Lipinski definition) is 0. The normalized spacial score (nSPS) is 10.8. The van der Waals surface area contributed by atoms with Crippen LogP contribution in [0.3, 0.4) is 0 Å². The van der Waals surface area contributed by atoms with Crippen molar-refractivity contribution in [2.45, 2.75) is 12.8 Å². The highest BCUT2D eigenvalue weighted by molar-refractivity contribution is 5.90. The van der Waals surface area contributed by atoms with Gasteiger partial charge >= 0.3 is 5.97 Å². The lowest BCUT2D eigenvalue weighted by atomic mass is 9.96. The number of fused-ring (bicyclic) bond motifs is 1. The third kappa shape index (κ3) is 2.83. The van der Waals surface area contributed by atoms with E-state index in [9.17, 15) is 9.59 Å². The van der Waals surface area contributed by atoms with Crippen LogP contribution in [0.25, 0.3) is 22.0 Å². The van der Waals surface area contributed by atoms with Crippen molar-refractivity contribution in [1.82, 2.24) is 4.57 Å². The summed E-state index contributed by atoms with van der Waals surface area (Å²) >= 11 is 0. The molecule has 2 aromatic carbocycles. The fourth-order valence-electron chi connectivity index (χ4n) is 3.09. The molecule has 0 saturated carbocycles. The van der Waals surface area contributed by atoms with E-state index in [1.54, 1.807) is 11.6 Å².